The Labute approximate surface area is 108 Å². The molecule has 0 radical (unpaired) electrons. The van der Waals surface area contributed by atoms with Gasteiger partial charge in [-0.3, -0.25) is 9.48 Å². The summed E-state index contributed by atoms with van der Waals surface area (Å²) in [5.41, 5.74) is 1.55. The Morgan fingerprint density at radius 3 is 2.83 bits per heavy atom. The van der Waals surface area contributed by atoms with Crippen LogP contribution in [0.4, 0.5) is 0 Å². The van der Waals surface area contributed by atoms with E-state index in [1.54, 1.807) is 4.68 Å². The van der Waals surface area contributed by atoms with E-state index in [9.17, 15) is 4.79 Å². The molecule has 5 nitrogen and oxygen atoms in total. The Morgan fingerprint density at radius 2 is 2.28 bits per heavy atom. The number of carbonyl (C=O) groups is 1. The van der Waals surface area contributed by atoms with Crippen LogP contribution in [-0.2, 0) is 13.0 Å². The molecule has 1 atom stereocenters. The number of rotatable bonds is 7. The van der Waals surface area contributed by atoms with Crippen LogP contribution in [0.15, 0.2) is 6.07 Å². The van der Waals surface area contributed by atoms with E-state index >= 15 is 0 Å². The Kier molecular flexibility index (Phi) is 5.85. The highest BCUT2D eigenvalue weighted by atomic mass is 16.3. The van der Waals surface area contributed by atoms with Gasteiger partial charge in [-0.25, -0.2) is 0 Å². The van der Waals surface area contributed by atoms with Crippen molar-refractivity contribution in [3.05, 3.63) is 17.5 Å². The van der Waals surface area contributed by atoms with Gasteiger partial charge in [-0.05, 0) is 31.7 Å². The number of aliphatic hydroxyl groups excluding tert-OH is 1. The normalized spacial score (nSPS) is 12.4. The van der Waals surface area contributed by atoms with E-state index < -0.39 is 0 Å². The third-order valence-corrected chi connectivity index (χ3v) is 2.96. The second kappa shape index (κ2) is 7.16. The lowest BCUT2D eigenvalue weighted by Crippen LogP contribution is -2.30. The monoisotopic (exact) mass is 253 g/mol. The molecule has 0 aliphatic rings. The van der Waals surface area contributed by atoms with Crippen molar-refractivity contribution in [2.45, 2.75) is 40.2 Å². The van der Waals surface area contributed by atoms with Crippen molar-refractivity contribution in [1.82, 2.24) is 15.1 Å². The molecule has 0 bridgehead atoms. The van der Waals surface area contributed by atoms with Crippen LogP contribution in [0.5, 0.6) is 0 Å². The van der Waals surface area contributed by atoms with Crippen molar-refractivity contribution >= 4 is 5.91 Å². The number of carbonyl (C=O) groups excluding carboxylic acids is 1. The molecule has 0 aromatic carbocycles. The minimum Gasteiger partial charge on any atom is -0.396 e. The summed E-state index contributed by atoms with van der Waals surface area (Å²) in [4.78, 5) is 12.0. The van der Waals surface area contributed by atoms with Crippen LogP contribution in [0.3, 0.4) is 0 Å². The van der Waals surface area contributed by atoms with Gasteiger partial charge in [0.25, 0.3) is 5.91 Å². The molecule has 1 rings (SSSR count). The van der Waals surface area contributed by atoms with Crippen LogP contribution in [0.2, 0.25) is 0 Å². The number of aliphatic hydroxyl groups is 1. The Morgan fingerprint density at radius 1 is 1.56 bits per heavy atom. The van der Waals surface area contributed by atoms with E-state index in [2.05, 4.69) is 10.4 Å². The Bertz CT molecular complexity index is 388. The van der Waals surface area contributed by atoms with Crippen LogP contribution >= 0.6 is 0 Å². The van der Waals surface area contributed by atoms with Crippen molar-refractivity contribution in [1.29, 1.82) is 0 Å². The summed E-state index contributed by atoms with van der Waals surface area (Å²) in [5, 5.41) is 16.0. The molecule has 1 aromatic heterocycles. The van der Waals surface area contributed by atoms with Crippen molar-refractivity contribution in [2.75, 3.05) is 13.2 Å². The van der Waals surface area contributed by atoms with Gasteiger partial charge in [-0.2, -0.15) is 5.10 Å². The first-order valence-electron chi connectivity index (χ1n) is 6.58. The number of hydrogen-bond acceptors (Lipinski definition) is 3. The molecule has 0 saturated carbocycles. The lowest BCUT2D eigenvalue weighted by atomic mass is 10.1. The predicted molar refractivity (Wildman–Crippen MR) is 70.5 cm³/mol. The van der Waals surface area contributed by atoms with Gasteiger partial charge in [0.2, 0.25) is 0 Å². The zero-order chi connectivity index (χ0) is 13.5. The van der Waals surface area contributed by atoms with Gasteiger partial charge in [-0.1, -0.05) is 13.8 Å². The number of nitrogens with zero attached hydrogens (tertiary/aromatic N) is 2. The number of amides is 1. The Hall–Kier alpha value is -1.36. The maximum absolute atomic E-state index is 12.0. The van der Waals surface area contributed by atoms with E-state index in [4.69, 9.17) is 5.11 Å². The number of nitrogens with one attached hydrogen (secondary N) is 1. The highest BCUT2D eigenvalue weighted by Gasteiger charge is 2.14. The highest BCUT2D eigenvalue weighted by Crippen LogP contribution is 2.06. The van der Waals surface area contributed by atoms with Crippen molar-refractivity contribution in [3.63, 3.8) is 0 Å². The minimum atomic E-state index is -0.0890. The summed E-state index contributed by atoms with van der Waals surface area (Å²) in [6.07, 6.45) is 1.53. The van der Waals surface area contributed by atoms with Crippen LogP contribution in [0, 0.1) is 5.92 Å². The fraction of sp³-hybridized carbons (Fsp3) is 0.692. The smallest absolute Gasteiger partial charge is 0.269 e. The maximum atomic E-state index is 12.0. The van der Waals surface area contributed by atoms with Crippen molar-refractivity contribution < 1.29 is 9.90 Å². The molecule has 1 unspecified atom stereocenters. The molecular formula is C13H23N3O2. The summed E-state index contributed by atoms with van der Waals surface area (Å²) in [5.74, 6) is 0.191. The quantitative estimate of drug-likeness (QED) is 0.767. The fourth-order valence-electron chi connectivity index (χ4n) is 1.75. The first-order valence-corrected chi connectivity index (χ1v) is 6.58. The summed E-state index contributed by atoms with van der Waals surface area (Å²) >= 11 is 0. The highest BCUT2D eigenvalue weighted by molar-refractivity contribution is 5.92. The number of aryl methyl sites for hydroxylation is 2. The lowest BCUT2D eigenvalue weighted by molar-refractivity contribution is 0.0934. The molecule has 18 heavy (non-hydrogen) atoms. The van der Waals surface area contributed by atoms with Crippen molar-refractivity contribution in [2.24, 2.45) is 5.92 Å². The summed E-state index contributed by atoms with van der Waals surface area (Å²) < 4.78 is 1.73. The minimum absolute atomic E-state index is 0.0890. The third-order valence-electron chi connectivity index (χ3n) is 2.96. The van der Waals surface area contributed by atoms with Gasteiger partial charge in [0, 0.05) is 19.7 Å². The molecule has 0 fully saturated rings. The molecule has 102 valence electrons. The van der Waals surface area contributed by atoms with Crippen LogP contribution in [-0.4, -0.2) is 33.9 Å². The van der Waals surface area contributed by atoms with E-state index in [0.717, 1.165) is 12.1 Å². The molecular weight excluding hydrogens is 230 g/mol. The molecule has 0 aliphatic heterocycles. The van der Waals surface area contributed by atoms with E-state index in [1.165, 1.54) is 0 Å². The summed E-state index contributed by atoms with van der Waals surface area (Å²) in [6.45, 7) is 7.42. The molecule has 1 amide bonds. The van der Waals surface area contributed by atoms with Gasteiger partial charge in [-0.15, -0.1) is 0 Å². The van der Waals surface area contributed by atoms with Crippen LogP contribution < -0.4 is 5.32 Å². The first kappa shape index (κ1) is 14.7. The molecule has 0 aliphatic carbocycles. The van der Waals surface area contributed by atoms with Gasteiger partial charge in [0.15, 0.2) is 0 Å². The SMILES string of the molecule is CCc1cc(C(=O)NCC(C)CCO)n(CC)n1. The van der Waals surface area contributed by atoms with Gasteiger partial charge in [0.05, 0.1) is 5.69 Å². The fourth-order valence-corrected chi connectivity index (χ4v) is 1.75. The predicted octanol–water partition coefficient (Wildman–Crippen LogP) is 1.21. The Balaban J connectivity index is 2.63. The van der Waals surface area contributed by atoms with Crippen LogP contribution in [0.1, 0.15) is 43.4 Å². The second-order valence-electron chi connectivity index (χ2n) is 4.52. The number of hydrogen-bond donors (Lipinski definition) is 2. The van der Waals surface area contributed by atoms with Gasteiger partial charge >= 0.3 is 0 Å². The van der Waals surface area contributed by atoms with E-state index in [-0.39, 0.29) is 18.4 Å². The molecule has 1 heterocycles. The third kappa shape index (κ3) is 3.84. The summed E-state index contributed by atoms with van der Waals surface area (Å²) in [7, 11) is 0. The second-order valence-corrected chi connectivity index (χ2v) is 4.52. The zero-order valence-electron chi connectivity index (χ0n) is 11.4. The largest absolute Gasteiger partial charge is 0.396 e. The molecule has 1 aromatic rings. The van der Waals surface area contributed by atoms with E-state index in [1.807, 2.05) is 26.8 Å². The summed E-state index contributed by atoms with van der Waals surface area (Å²) in [6, 6.07) is 1.84. The lowest BCUT2D eigenvalue weighted by Gasteiger charge is -2.11. The number of aromatic nitrogens is 2. The topological polar surface area (TPSA) is 67.2 Å². The van der Waals surface area contributed by atoms with Crippen molar-refractivity contribution in [3.8, 4) is 0 Å². The molecule has 2 N–H and O–H groups in total. The van der Waals surface area contributed by atoms with Gasteiger partial charge in [0.1, 0.15) is 5.69 Å². The van der Waals surface area contributed by atoms with E-state index in [0.29, 0.717) is 25.2 Å². The van der Waals surface area contributed by atoms with Gasteiger partial charge < -0.3 is 10.4 Å². The molecule has 5 heteroatoms. The van der Waals surface area contributed by atoms with Crippen LogP contribution in [0.25, 0.3) is 0 Å². The standard InChI is InChI=1S/C13H23N3O2/c1-4-11-8-12(16(5-2)15-11)13(18)14-9-10(3)6-7-17/h8,10,17H,4-7,9H2,1-3H3,(H,14,18). The average molecular weight is 253 g/mol. The molecule has 0 saturated heterocycles. The molecule has 0 spiro atoms. The average Bonchev–Trinajstić information content (AvgIpc) is 2.79. The maximum Gasteiger partial charge on any atom is 0.269 e. The zero-order valence-corrected chi connectivity index (χ0v) is 11.4. The first-order chi connectivity index (χ1) is 8.62.